The van der Waals surface area contributed by atoms with Crippen molar-refractivity contribution in [1.29, 1.82) is 0 Å². The molecule has 0 amide bonds. The SMILES string of the molecule is CC(C)(C)c1ccc(C2=C(C(=O)O)NC(N)C=C2)cc1. The molecule has 0 aromatic heterocycles. The zero-order valence-electron chi connectivity index (χ0n) is 12.0. The van der Waals surface area contributed by atoms with Gasteiger partial charge >= 0.3 is 5.97 Å². The van der Waals surface area contributed by atoms with Crippen LogP contribution in [-0.2, 0) is 10.2 Å². The summed E-state index contributed by atoms with van der Waals surface area (Å²) in [6, 6.07) is 7.96. The van der Waals surface area contributed by atoms with Crippen LogP contribution in [0.1, 0.15) is 31.9 Å². The summed E-state index contributed by atoms with van der Waals surface area (Å²) in [7, 11) is 0. The average Bonchev–Trinajstić information content (AvgIpc) is 2.37. The van der Waals surface area contributed by atoms with Gasteiger partial charge < -0.3 is 16.2 Å². The highest BCUT2D eigenvalue weighted by molar-refractivity contribution is 5.99. The van der Waals surface area contributed by atoms with E-state index >= 15 is 0 Å². The molecule has 0 bridgehead atoms. The van der Waals surface area contributed by atoms with Gasteiger partial charge in [-0.25, -0.2) is 4.79 Å². The predicted molar refractivity (Wildman–Crippen MR) is 79.9 cm³/mol. The van der Waals surface area contributed by atoms with Crippen LogP contribution in [0, 0.1) is 0 Å². The molecule has 4 nitrogen and oxygen atoms in total. The zero-order chi connectivity index (χ0) is 14.9. The number of hydrogen-bond acceptors (Lipinski definition) is 3. The topological polar surface area (TPSA) is 75.3 Å². The van der Waals surface area contributed by atoms with Crippen LogP contribution in [0.25, 0.3) is 5.57 Å². The van der Waals surface area contributed by atoms with Crippen LogP contribution in [0.2, 0.25) is 0 Å². The van der Waals surface area contributed by atoms with Gasteiger partial charge in [0.25, 0.3) is 0 Å². The minimum absolute atomic E-state index is 0.0749. The van der Waals surface area contributed by atoms with Gasteiger partial charge in [0.05, 0.1) is 6.17 Å². The number of allylic oxidation sites excluding steroid dienone is 2. The molecular formula is C16H20N2O2. The molecule has 0 fully saturated rings. The van der Waals surface area contributed by atoms with E-state index < -0.39 is 12.1 Å². The molecule has 1 aliphatic heterocycles. The molecule has 0 aliphatic carbocycles. The minimum Gasteiger partial charge on any atom is -0.477 e. The second-order valence-electron chi connectivity index (χ2n) is 5.95. The molecule has 106 valence electrons. The fourth-order valence-corrected chi connectivity index (χ4v) is 2.14. The summed E-state index contributed by atoms with van der Waals surface area (Å²) in [5, 5.41) is 12.0. The van der Waals surface area contributed by atoms with E-state index in [1.165, 1.54) is 5.56 Å². The Bertz CT molecular complexity index is 577. The molecule has 1 aromatic rings. The molecule has 0 saturated heterocycles. The lowest BCUT2D eigenvalue weighted by Gasteiger charge is -2.22. The molecule has 1 aliphatic rings. The Balaban J connectivity index is 2.42. The number of carboxylic acids is 1. The lowest BCUT2D eigenvalue weighted by molar-refractivity contribution is -0.133. The van der Waals surface area contributed by atoms with Crippen molar-refractivity contribution in [3.8, 4) is 0 Å². The fraction of sp³-hybridized carbons (Fsp3) is 0.312. The van der Waals surface area contributed by atoms with Crippen molar-refractivity contribution in [1.82, 2.24) is 5.32 Å². The van der Waals surface area contributed by atoms with Gasteiger partial charge in [0.1, 0.15) is 5.70 Å². The number of nitrogens with one attached hydrogen (secondary N) is 1. The molecule has 0 radical (unpaired) electrons. The second kappa shape index (κ2) is 5.13. The molecule has 2 rings (SSSR count). The number of carboxylic acid groups (broad SMARTS) is 1. The summed E-state index contributed by atoms with van der Waals surface area (Å²) in [6.07, 6.45) is 3.05. The number of benzene rings is 1. The Kier molecular flexibility index (Phi) is 3.68. The molecule has 20 heavy (non-hydrogen) atoms. The number of aliphatic carboxylic acids is 1. The van der Waals surface area contributed by atoms with Crippen LogP contribution in [0.4, 0.5) is 0 Å². The number of hydrogen-bond donors (Lipinski definition) is 3. The van der Waals surface area contributed by atoms with E-state index in [-0.39, 0.29) is 11.1 Å². The lowest BCUT2D eigenvalue weighted by Crippen LogP contribution is -2.39. The van der Waals surface area contributed by atoms with Crippen LogP contribution < -0.4 is 11.1 Å². The molecule has 4 heteroatoms. The Hall–Kier alpha value is -2.07. The average molecular weight is 272 g/mol. The first-order valence-corrected chi connectivity index (χ1v) is 6.58. The van der Waals surface area contributed by atoms with Gasteiger partial charge in [0.15, 0.2) is 0 Å². The Morgan fingerprint density at radius 2 is 1.85 bits per heavy atom. The highest BCUT2D eigenvalue weighted by atomic mass is 16.4. The van der Waals surface area contributed by atoms with Gasteiger partial charge in [-0.1, -0.05) is 51.1 Å². The summed E-state index contributed by atoms with van der Waals surface area (Å²) in [5.41, 5.74) is 8.64. The molecule has 1 unspecified atom stereocenters. The van der Waals surface area contributed by atoms with Crippen molar-refractivity contribution in [3.05, 3.63) is 53.2 Å². The highest BCUT2D eigenvalue weighted by Gasteiger charge is 2.20. The van der Waals surface area contributed by atoms with Crippen molar-refractivity contribution in [2.45, 2.75) is 32.4 Å². The van der Waals surface area contributed by atoms with Crippen molar-refractivity contribution in [2.24, 2.45) is 5.73 Å². The first-order valence-electron chi connectivity index (χ1n) is 6.58. The zero-order valence-corrected chi connectivity index (χ0v) is 12.0. The van der Waals surface area contributed by atoms with E-state index in [0.29, 0.717) is 5.57 Å². The smallest absolute Gasteiger partial charge is 0.352 e. The quantitative estimate of drug-likeness (QED) is 0.771. The monoisotopic (exact) mass is 272 g/mol. The Labute approximate surface area is 119 Å². The van der Waals surface area contributed by atoms with Gasteiger partial charge in [-0.05, 0) is 22.6 Å². The van der Waals surface area contributed by atoms with Crippen molar-refractivity contribution < 1.29 is 9.90 Å². The Morgan fingerprint density at radius 3 is 2.35 bits per heavy atom. The second-order valence-corrected chi connectivity index (χ2v) is 5.95. The highest BCUT2D eigenvalue weighted by Crippen LogP contribution is 2.27. The first kappa shape index (κ1) is 14.3. The van der Waals surface area contributed by atoms with E-state index in [9.17, 15) is 9.90 Å². The molecule has 1 aromatic carbocycles. The summed E-state index contributed by atoms with van der Waals surface area (Å²) < 4.78 is 0. The van der Waals surface area contributed by atoms with E-state index in [0.717, 1.165) is 5.56 Å². The van der Waals surface area contributed by atoms with Crippen molar-refractivity contribution in [2.75, 3.05) is 0 Å². The fourth-order valence-electron chi connectivity index (χ4n) is 2.14. The van der Waals surface area contributed by atoms with Gasteiger partial charge in [0.2, 0.25) is 0 Å². The predicted octanol–water partition coefficient (Wildman–Crippen LogP) is 2.22. The molecule has 1 atom stereocenters. The third-order valence-electron chi connectivity index (χ3n) is 3.33. The maximum Gasteiger partial charge on any atom is 0.352 e. The van der Waals surface area contributed by atoms with Crippen LogP contribution in [0.3, 0.4) is 0 Å². The third-order valence-corrected chi connectivity index (χ3v) is 3.33. The van der Waals surface area contributed by atoms with Gasteiger partial charge in [0, 0.05) is 5.57 Å². The van der Waals surface area contributed by atoms with E-state index in [2.05, 4.69) is 26.1 Å². The van der Waals surface area contributed by atoms with Crippen LogP contribution in [-0.4, -0.2) is 17.2 Å². The van der Waals surface area contributed by atoms with Crippen LogP contribution in [0.5, 0.6) is 0 Å². The third kappa shape index (κ3) is 2.91. The van der Waals surface area contributed by atoms with Crippen LogP contribution in [0.15, 0.2) is 42.1 Å². The Morgan fingerprint density at radius 1 is 1.25 bits per heavy atom. The molecule has 0 saturated carbocycles. The van der Waals surface area contributed by atoms with Crippen molar-refractivity contribution in [3.63, 3.8) is 0 Å². The first-order chi connectivity index (χ1) is 9.29. The van der Waals surface area contributed by atoms with E-state index in [1.807, 2.05) is 24.3 Å². The molecular weight excluding hydrogens is 252 g/mol. The minimum atomic E-state index is -1.00. The molecule has 4 N–H and O–H groups in total. The maximum absolute atomic E-state index is 11.3. The lowest BCUT2D eigenvalue weighted by atomic mass is 9.86. The summed E-state index contributed by atoms with van der Waals surface area (Å²) in [5.74, 6) is -1.00. The normalized spacial score (nSPS) is 18.9. The summed E-state index contributed by atoms with van der Waals surface area (Å²) in [4.78, 5) is 11.3. The van der Waals surface area contributed by atoms with E-state index in [1.54, 1.807) is 12.2 Å². The van der Waals surface area contributed by atoms with Gasteiger partial charge in [-0.15, -0.1) is 0 Å². The molecule has 1 heterocycles. The standard InChI is InChI=1S/C16H20N2O2/c1-16(2,3)11-6-4-10(5-7-11)12-8-9-13(17)18-14(12)15(19)20/h4-9,13,18H,17H2,1-3H3,(H,19,20). The number of carbonyl (C=O) groups is 1. The largest absolute Gasteiger partial charge is 0.477 e. The van der Waals surface area contributed by atoms with Gasteiger partial charge in [-0.2, -0.15) is 0 Å². The van der Waals surface area contributed by atoms with Gasteiger partial charge in [-0.3, -0.25) is 0 Å². The molecule has 0 spiro atoms. The van der Waals surface area contributed by atoms with E-state index in [4.69, 9.17) is 5.73 Å². The summed E-state index contributed by atoms with van der Waals surface area (Å²) >= 11 is 0. The van der Waals surface area contributed by atoms with Crippen molar-refractivity contribution >= 4 is 11.5 Å². The maximum atomic E-state index is 11.3. The summed E-state index contributed by atoms with van der Waals surface area (Å²) in [6.45, 7) is 6.43. The number of rotatable bonds is 2. The number of dihydropyridines is 1. The number of nitrogens with two attached hydrogens (primary N) is 1. The van der Waals surface area contributed by atoms with Crippen LogP contribution >= 0.6 is 0 Å².